The van der Waals surface area contributed by atoms with Gasteiger partial charge in [-0.25, -0.2) is 12.8 Å². The van der Waals surface area contributed by atoms with Gasteiger partial charge in [-0.2, -0.15) is 4.31 Å². The lowest BCUT2D eigenvalue weighted by Gasteiger charge is -2.32. The van der Waals surface area contributed by atoms with E-state index in [0.29, 0.717) is 50.1 Å². The SMILES string of the molecule is O=C(NCc1ccc(S(=O)(=O)N2CCOCC2)s1)C1CCCN(Cc2cccc(F)c2)C1. The maximum Gasteiger partial charge on any atom is 0.252 e. The fourth-order valence-electron chi connectivity index (χ4n) is 4.13. The lowest BCUT2D eigenvalue weighted by atomic mass is 9.96. The zero-order valence-corrected chi connectivity index (χ0v) is 19.5. The Bertz CT molecular complexity index is 1040. The highest BCUT2D eigenvalue weighted by Gasteiger charge is 2.28. The van der Waals surface area contributed by atoms with Gasteiger partial charge < -0.3 is 10.1 Å². The van der Waals surface area contributed by atoms with Gasteiger partial charge >= 0.3 is 0 Å². The van der Waals surface area contributed by atoms with Crippen LogP contribution in [0.3, 0.4) is 0 Å². The van der Waals surface area contributed by atoms with Crippen LogP contribution in [0.5, 0.6) is 0 Å². The van der Waals surface area contributed by atoms with Crippen molar-refractivity contribution in [1.29, 1.82) is 0 Å². The van der Waals surface area contributed by atoms with Crippen molar-refractivity contribution >= 4 is 27.3 Å². The van der Waals surface area contributed by atoms with E-state index < -0.39 is 10.0 Å². The summed E-state index contributed by atoms with van der Waals surface area (Å²) in [4.78, 5) is 15.7. The normalized spacial score (nSPS) is 20.8. The van der Waals surface area contributed by atoms with Crippen LogP contribution in [0.4, 0.5) is 4.39 Å². The highest BCUT2D eigenvalue weighted by atomic mass is 32.2. The van der Waals surface area contributed by atoms with Gasteiger partial charge in [0.05, 0.1) is 25.7 Å². The number of carbonyl (C=O) groups excluding carboxylic acids is 1. The Morgan fingerprint density at radius 2 is 2.00 bits per heavy atom. The summed E-state index contributed by atoms with van der Waals surface area (Å²) in [5.41, 5.74) is 0.902. The molecule has 0 bridgehead atoms. The topological polar surface area (TPSA) is 79.0 Å². The van der Waals surface area contributed by atoms with E-state index in [1.54, 1.807) is 18.2 Å². The van der Waals surface area contributed by atoms with Gasteiger partial charge in [-0.05, 0) is 49.2 Å². The number of ether oxygens (including phenoxy) is 1. The molecule has 0 radical (unpaired) electrons. The number of carbonyl (C=O) groups is 1. The van der Waals surface area contributed by atoms with Crippen LogP contribution in [0.25, 0.3) is 0 Å². The number of hydrogen-bond acceptors (Lipinski definition) is 6. The Hall–Kier alpha value is -1.85. The third-order valence-electron chi connectivity index (χ3n) is 5.81. The minimum atomic E-state index is -3.51. The van der Waals surface area contributed by atoms with Crippen LogP contribution in [-0.2, 0) is 32.6 Å². The van der Waals surface area contributed by atoms with Crippen LogP contribution < -0.4 is 5.32 Å². The van der Waals surface area contributed by atoms with E-state index in [1.165, 1.54) is 27.8 Å². The number of halogens is 1. The number of sulfonamides is 1. The van der Waals surface area contributed by atoms with Crippen LogP contribution in [-0.4, -0.2) is 62.9 Å². The first-order chi connectivity index (χ1) is 15.4. The summed E-state index contributed by atoms with van der Waals surface area (Å²) in [6, 6.07) is 9.92. The molecule has 7 nitrogen and oxygen atoms in total. The maximum absolute atomic E-state index is 13.4. The van der Waals surface area contributed by atoms with Gasteiger partial charge in [-0.1, -0.05) is 12.1 Å². The van der Waals surface area contributed by atoms with Crippen LogP contribution in [0.1, 0.15) is 23.3 Å². The summed E-state index contributed by atoms with van der Waals surface area (Å²) in [6.07, 6.45) is 1.72. The number of benzene rings is 1. The minimum absolute atomic E-state index is 0.0278. The lowest BCUT2D eigenvalue weighted by molar-refractivity contribution is -0.126. The van der Waals surface area contributed by atoms with E-state index in [4.69, 9.17) is 4.74 Å². The fourth-order valence-corrected chi connectivity index (χ4v) is 6.99. The lowest BCUT2D eigenvalue weighted by Crippen LogP contribution is -2.42. The summed E-state index contributed by atoms with van der Waals surface area (Å²) >= 11 is 1.19. The van der Waals surface area contributed by atoms with Gasteiger partial charge in [0.2, 0.25) is 5.91 Å². The maximum atomic E-state index is 13.4. The number of rotatable bonds is 7. The third kappa shape index (κ3) is 5.74. The molecule has 32 heavy (non-hydrogen) atoms. The molecular formula is C22H28FN3O4S2. The molecule has 0 spiro atoms. The number of hydrogen-bond donors (Lipinski definition) is 1. The average Bonchev–Trinajstić information content (AvgIpc) is 3.28. The van der Waals surface area contributed by atoms with E-state index in [9.17, 15) is 17.6 Å². The smallest absolute Gasteiger partial charge is 0.252 e. The van der Waals surface area contributed by atoms with Crippen molar-refractivity contribution in [3.8, 4) is 0 Å². The molecule has 3 heterocycles. The van der Waals surface area contributed by atoms with E-state index >= 15 is 0 Å². The zero-order chi connectivity index (χ0) is 22.6. The molecule has 2 aliphatic rings. The van der Waals surface area contributed by atoms with Gasteiger partial charge in [0.15, 0.2) is 0 Å². The molecule has 1 N–H and O–H groups in total. The number of piperidine rings is 1. The predicted octanol–water partition coefficient (Wildman–Crippen LogP) is 2.44. The second-order valence-corrected chi connectivity index (χ2v) is 11.5. The molecule has 0 saturated carbocycles. The van der Waals surface area contributed by atoms with Crippen molar-refractivity contribution in [1.82, 2.24) is 14.5 Å². The summed E-state index contributed by atoms with van der Waals surface area (Å²) in [7, 11) is -3.51. The largest absolute Gasteiger partial charge is 0.379 e. The van der Waals surface area contributed by atoms with Crippen molar-refractivity contribution in [3.05, 3.63) is 52.7 Å². The molecule has 1 aromatic heterocycles. The van der Waals surface area contributed by atoms with E-state index in [-0.39, 0.29) is 17.6 Å². The van der Waals surface area contributed by atoms with Gasteiger partial charge in [-0.15, -0.1) is 11.3 Å². The predicted molar refractivity (Wildman–Crippen MR) is 120 cm³/mol. The number of nitrogens with zero attached hydrogens (tertiary/aromatic N) is 2. The Labute approximate surface area is 192 Å². The summed E-state index contributed by atoms with van der Waals surface area (Å²) < 4.78 is 45.9. The fraction of sp³-hybridized carbons (Fsp3) is 0.500. The monoisotopic (exact) mass is 481 g/mol. The molecule has 4 rings (SSSR count). The molecule has 2 aromatic rings. The number of thiophene rings is 1. The molecule has 1 aromatic carbocycles. The van der Waals surface area contributed by atoms with Crippen LogP contribution >= 0.6 is 11.3 Å². The Morgan fingerprint density at radius 3 is 2.78 bits per heavy atom. The van der Waals surface area contributed by atoms with Crippen LogP contribution in [0.15, 0.2) is 40.6 Å². The second kappa shape index (κ2) is 10.4. The number of morpholine rings is 1. The molecule has 2 saturated heterocycles. The molecule has 0 aliphatic carbocycles. The quantitative estimate of drug-likeness (QED) is 0.657. The first kappa shape index (κ1) is 23.3. The Balaban J connectivity index is 1.30. The van der Waals surface area contributed by atoms with Gasteiger partial charge in [0.25, 0.3) is 10.0 Å². The molecule has 1 amide bonds. The van der Waals surface area contributed by atoms with Crippen molar-refractivity contribution in [2.75, 3.05) is 39.4 Å². The molecule has 1 atom stereocenters. The molecular weight excluding hydrogens is 453 g/mol. The number of nitrogens with one attached hydrogen (secondary N) is 1. The highest BCUT2D eigenvalue weighted by Crippen LogP contribution is 2.26. The number of amides is 1. The highest BCUT2D eigenvalue weighted by molar-refractivity contribution is 7.91. The minimum Gasteiger partial charge on any atom is -0.379 e. The van der Waals surface area contributed by atoms with Gasteiger partial charge in [0.1, 0.15) is 10.0 Å². The van der Waals surface area contributed by atoms with E-state index in [2.05, 4.69) is 10.2 Å². The average molecular weight is 482 g/mol. The van der Waals surface area contributed by atoms with E-state index in [0.717, 1.165) is 29.8 Å². The molecule has 1 unspecified atom stereocenters. The molecule has 2 fully saturated rings. The molecule has 2 aliphatic heterocycles. The summed E-state index contributed by atoms with van der Waals surface area (Å²) in [5, 5.41) is 2.96. The zero-order valence-electron chi connectivity index (χ0n) is 17.8. The van der Waals surface area contributed by atoms with Crippen LogP contribution in [0, 0.1) is 11.7 Å². The molecule has 174 valence electrons. The first-order valence-corrected chi connectivity index (χ1v) is 13.1. The molecule has 10 heteroatoms. The van der Waals surface area contributed by atoms with Crippen molar-refractivity contribution in [2.45, 2.75) is 30.1 Å². The van der Waals surface area contributed by atoms with Crippen LogP contribution in [0.2, 0.25) is 0 Å². The van der Waals surface area contributed by atoms with Crippen molar-refractivity contribution in [2.24, 2.45) is 5.92 Å². The van der Waals surface area contributed by atoms with Gasteiger partial charge in [0, 0.05) is 31.1 Å². The standard InChI is InChI=1S/C22H28FN3O4S2/c23-19-5-1-3-17(13-19)15-25-8-2-4-18(16-25)22(27)24-14-20-6-7-21(31-20)32(28,29)26-9-11-30-12-10-26/h1,3,5-7,13,18H,2,4,8-12,14-16H2,(H,24,27). The summed E-state index contributed by atoms with van der Waals surface area (Å²) in [5.74, 6) is -0.409. The second-order valence-electron chi connectivity index (χ2n) is 8.16. The Morgan fingerprint density at radius 1 is 1.19 bits per heavy atom. The first-order valence-electron chi connectivity index (χ1n) is 10.8. The summed E-state index contributed by atoms with van der Waals surface area (Å²) in [6.45, 7) is 3.98. The Kier molecular flexibility index (Phi) is 7.57. The number of likely N-dealkylation sites (tertiary alicyclic amines) is 1. The van der Waals surface area contributed by atoms with Crippen molar-refractivity contribution < 1.29 is 22.3 Å². The third-order valence-corrected chi connectivity index (χ3v) is 9.26. The van der Waals surface area contributed by atoms with Gasteiger partial charge in [-0.3, -0.25) is 9.69 Å². The van der Waals surface area contributed by atoms with E-state index in [1.807, 2.05) is 6.07 Å². The van der Waals surface area contributed by atoms with Crippen molar-refractivity contribution in [3.63, 3.8) is 0 Å².